The number of likely N-dealkylation sites (tertiary alicyclic amines) is 1. The van der Waals surface area contributed by atoms with Crippen molar-refractivity contribution in [2.75, 3.05) is 19.6 Å². The van der Waals surface area contributed by atoms with Crippen LogP contribution in [0.2, 0.25) is 0 Å². The molecule has 0 aliphatic carbocycles. The summed E-state index contributed by atoms with van der Waals surface area (Å²) >= 11 is 0. The van der Waals surface area contributed by atoms with Crippen LogP contribution in [0, 0.1) is 11.8 Å². The van der Waals surface area contributed by atoms with Gasteiger partial charge in [0.25, 0.3) is 0 Å². The van der Waals surface area contributed by atoms with Crippen LogP contribution in [-0.2, 0) is 6.54 Å². The lowest BCUT2D eigenvalue weighted by Crippen LogP contribution is -2.22. The molecule has 0 saturated carbocycles. The fraction of sp³-hybridized carbons (Fsp3) is 0.562. The van der Waals surface area contributed by atoms with Crippen LogP contribution in [0.4, 0.5) is 0 Å². The van der Waals surface area contributed by atoms with E-state index in [1.807, 2.05) is 0 Å². The van der Waals surface area contributed by atoms with Crippen LogP contribution < -0.4 is 0 Å². The Labute approximate surface area is 111 Å². The minimum Gasteiger partial charge on any atom is -0.298 e. The molecule has 2 unspecified atom stereocenters. The summed E-state index contributed by atoms with van der Waals surface area (Å²) in [6.45, 7) is 11.0. The van der Waals surface area contributed by atoms with Gasteiger partial charge in [0.1, 0.15) is 0 Å². The molecule has 1 heterocycles. The number of aliphatic imine (C=N–C) groups is 1. The molecule has 98 valence electrons. The number of hydrogen-bond donors (Lipinski definition) is 0. The number of rotatable bonds is 4. The summed E-state index contributed by atoms with van der Waals surface area (Å²) in [5.74, 6) is 1.37. The monoisotopic (exact) mass is 244 g/mol. The Morgan fingerprint density at radius 2 is 2.00 bits per heavy atom. The largest absolute Gasteiger partial charge is 0.298 e. The third-order valence-electron chi connectivity index (χ3n) is 3.88. The predicted molar refractivity (Wildman–Crippen MR) is 78.0 cm³/mol. The third kappa shape index (κ3) is 3.20. The van der Waals surface area contributed by atoms with E-state index in [4.69, 9.17) is 0 Å². The molecule has 1 aliphatic heterocycles. The highest BCUT2D eigenvalue weighted by Crippen LogP contribution is 2.25. The average molecular weight is 244 g/mol. The van der Waals surface area contributed by atoms with Crippen molar-refractivity contribution in [3.63, 3.8) is 0 Å². The van der Waals surface area contributed by atoms with Crippen LogP contribution in [0.1, 0.15) is 26.3 Å². The van der Waals surface area contributed by atoms with Crippen LogP contribution in [0.15, 0.2) is 35.3 Å². The van der Waals surface area contributed by atoms with Crippen molar-refractivity contribution in [3.05, 3.63) is 35.9 Å². The molecule has 0 aromatic heterocycles. The normalized spacial score (nSPS) is 25.6. The third-order valence-corrected chi connectivity index (χ3v) is 3.88. The Balaban J connectivity index is 1.96. The lowest BCUT2D eigenvalue weighted by molar-refractivity contribution is 0.318. The molecule has 0 bridgehead atoms. The standard InChI is InChI=1S/C16H24N2/c1-4-17-14(3)16-12-18(10-13(16)2)11-15-8-6-5-7-9-15/h5-9,13,16H,4,10-12H2,1-3H3. The van der Waals surface area contributed by atoms with Gasteiger partial charge >= 0.3 is 0 Å². The van der Waals surface area contributed by atoms with Gasteiger partial charge in [0, 0.05) is 37.8 Å². The van der Waals surface area contributed by atoms with Crippen molar-refractivity contribution in [1.82, 2.24) is 4.90 Å². The van der Waals surface area contributed by atoms with E-state index in [9.17, 15) is 0 Å². The van der Waals surface area contributed by atoms with Crippen molar-refractivity contribution in [1.29, 1.82) is 0 Å². The molecule has 1 aliphatic rings. The van der Waals surface area contributed by atoms with Gasteiger partial charge in [-0.25, -0.2) is 0 Å². The minimum atomic E-state index is 0.647. The van der Waals surface area contributed by atoms with E-state index in [-0.39, 0.29) is 0 Å². The molecule has 0 radical (unpaired) electrons. The van der Waals surface area contributed by atoms with E-state index < -0.39 is 0 Å². The Morgan fingerprint density at radius 1 is 1.28 bits per heavy atom. The molecule has 1 saturated heterocycles. The van der Waals surface area contributed by atoms with Crippen molar-refractivity contribution in [2.24, 2.45) is 16.8 Å². The summed E-state index contributed by atoms with van der Waals surface area (Å²) in [5, 5.41) is 0. The van der Waals surface area contributed by atoms with Crippen molar-refractivity contribution in [2.45, 2.75) is 27.3 Å². The molecule has 18 heavy (non-hydrogen) atoms. The highest BCUT2D eigenvalue weighted by Gasteiger charge is 2.31. The summed E-state index contributed by atoms with van der Waals surface area (Å²) in [6, 6.07) is 10.7. The fourth-order valence-electron chi connectivity index (χ4n) is 2.95. The van der Waals surface area contributed by atoms with E-state index >= 15 is 0 Å². The zero-order chi connectivity index (χ0) is 13.0. The molecule has 2 nitrogen and oxygen atoms in total. The minimum absolute atomic E-state index is 0.647. The SMILES string of the molecule is CCN=C(C)C1CN(Cc2ccccc2)CC1C. The predicted octanol–water partition coefficient (Wildman–Crippen LogP) is 3.24. The molecule has 2 heteroatoms. The summed E-state index contributed by atoms with van der Waals surface area (Å²) in [5.41, 5.74) is 2.75. The van der Waals surface area contributed by atoms with Crippen LogP contribution in [0.5, 0.6) is 0 Å². The van der Waals surface area contributed by atoms with E-state index in [1.54, 1.807) is 0 Å². The number of benzene rings is 1. The van der Waals surface area contributed by atoms with Crippen molar-refractivity contribution >= 4 is 5.71 Å². The summed E-state index contributed by atoms with van der Waals surface area (Å²) < 4.78 is 0. The van der Waals surface area contributed by atoms with Gasteiger partial charge in [-0.15, -0.1) is 0 Å². The van der Waals surface area contributed by atoms with E-state index in [0.717, 1.165) is 25.6 Å². The number of nitrogens with zero attached hydrogens (tertiary/aromatic N) is 2. The molecular formula is C16H24N2. The first kappa shape index (κ1) is 13.3. The van der Waals surface area contributed by atoms with Gasteiger partial charge < -0.3 is 0 Å². The highest BCUT2D eigenvalue weighted by molar-refractivity contribution is 5.85. The Morgan fingerprint density at radius 3 is 2.67 bits per heavy atom. The molecule has 0 spiro atoms. The molecule has 1 aromatic rings. The van der Waals surface area contributed by atoms with E-state index in [1.165, 1.54) is 17.8 Å². The zero-order valence-corrected chi connectivity index (χ0v) is 11.8. The molecule has 2 rings (SSSR count). The maximum Gasteiger partial charge on any atom is 0.0360 e. The van der Waals surface area contributed by atoms with Crippen LogP contribution in [-0.4, -0.2) is 30.2 Å². The second-order valence-electron chi connectivity index (χ2n) is 5.38. The number of hydrogen-bond acceptors (Lipinski definition) is 2. The average Bonchev–Trinajstić information content (AvgIpc) is 2.72. The van der Waals surface area contributed by atoms with Crippen molar-refractivity contribution in [3.8, 4) is 0 Å². The van der Waals surface area contributed by atoms with Gasteiger partial charge in [0.05, 0.1) is 0 Å². The first-order valence-corrected chi connectivity index (χ1v) is 6.98. The lowest BCUT2D eigenvalue weighted by Gasteiger charge is -2.16. The fourth-order valence-corrected chi connectivity index (χ4v) is 2.95. The summed E-state index contributed by atoms with van der Waals surface area (Å²) in [6.07, 6.45) is 0. The topological polar surface area (TPSA) is 15.6 Å². The first-order chi connectivity index (χ1) is 8.70. The second kappa shape index (κ2) is 6.14. The lowest BCUT2D eigenvalue weighted by atomic mass is 9.94. The van der Waals surface area contributed by atoms with Crippen LogP contribution >= 0.6 is 0 Å². The van der Waals surface area contributed by atoms with E-state index in [0.29, 0.717) is 5.92 Å². The molecular weight excluding hydrogens is 220 g/mol. The summed E-state index contributed by atoms with van der Waals surface area (Å²) in [4.78, 5) is 7.14. The van der Waals surface area contributed by atoms with Crippen molar-refractivity contribution < 1.29 is 0 Å². The second-order valence-corrected chi connectivity index (χ2v) is 5.38. The first-order valence-electron chi connectivity index (χ1n) is 6.98. The highest BCUT2D eigenvalue weighted by atomic mass is 15.2. The Hall–Kier alpha value is -1.15. The molecule has 1 fully saturated rings. The molecule has 2 atom stereocenters. The maximum absolute atomic E-state index is 4.59. The molecule has 1 aromatic carbocycles. The summed E-state index contributed by atoms with van der Waals surface area (Å²) in [7, 11) is 0. The quantitative estimate of drug-likeness (QED) is 0.742. The van der Waals surface area contributed by atoms with Gasteiger partial charge in [-0.1, -0.05) is 37.3 Å². The van der Waals surface area contributed by atoms with Crippen LogP contribution in [0.25, 0.3) is 0 Å². The van der Waals surface area contributed by atoms with Gasteiger partial charge in [0.15, 0.2) is 0 Å². The maximum atomic E-state index is 4.59. The van der Waals surface area contributed by atoms with Gasteiger partial charge in [-0.05, 0) is 25.3 Å². The smallest absolute Gasteiger partial charge is 0.0360 e. The van der Waals surface area contributed by atoms with Gasteiger partial charge in [-0.2, -0.15) is 0 Å². The molecule has 0 amide bonds. The van der Waals surface area contributed by atoms with Gasteiger partial charge in [-0.3, -0.25) is 9.89 Å². The molecule has 0 N–H and O–H groups in total. The Kier molecular flexibility index (Phi) is 4.54. The van der Waals surface area contributed by atoms with Crippen LogP contribution in [0.3, 0.4) is 0 Å². The van der Waals surface area contributed by atoms with Gasteiger partial charge in [0.2, 0.25) is 0 Å². The zero-order valence-electron chi connectivity index (χ0n) is 11.8. The Bertz CT molecular complexity index is 397. The van der Waals surface area contributed by atoms with E-state index in [2.05, 4.69) is 61.0 Å².